The number of halogens is 1. The number of nitrogens with one attached hydrogen (secondary N) is 1. The molecule has 146 valence electrons. The molecule has 0 spiro atoms. The van der Waals surface area contributed by atoms with Crippen molar-refractivity contribution >= 4 is 17.7 Å². The molecule has 3 aliphatic rings. The van der Waals surface area contributed by atoms with Gasteiger partial charge in [-0.3, -0.25) is 9.69 Å². The lowest BCUT2D eigenvalue weighted by Crippen LogP contribution is -2.44. The molecule has 0 aromatic heterocycles. The topological polar surface area (TPSA) is 102 Å². The van der Waals surface area contributed by atoms with E-state index in [4.69, 9.17) is 9.84 Å². The van der Waals surface area contributed by atoms with Crippen LogP contribution >= 0.6 is 0 Å². The highest BCUT2D eigenvalue weighted by atomic mass is 19.1. The van der Waals surface area contributed by atoms with Crippen molar-refractivity contribution in [1.29, 1.82) is 0 Å². The molecule has 1 fully saturated rings. The second-order valence-corrected chi connectivity index (χ2v) is 7.36. The summed E-state index contributed by atoms with van der Waals surface area (Å²) in [6.45, 7) is 2.15. The van der Waals surface area contributed by atoms with E-state index in [0.29, 0.717) is 49.6 Å². The van der Waals surface area contributed by atoms with Crippen LogP contribution < -0.4 is 15.0 Å². The number of hydrogen-bond donors (Lipinski definition) is 3. The van der Waals surface area contributed by atoms with Crippen LogP contribution in [0.3, 0.4) is 0 Å². The van der Waals surface area contributed by atoms with E-state index in [1.807, 2.05) is 4.90 Å². The number of aliphatic hydroxyl groups is 1. The van der Waals surface area contributed by atoms with Gasteiger partial charge in [0.2, 0.25) is 0 Å². The Balaban J connectivity index is 1.52. The molecule has 0 radical (unpaired) electrons. The van der Waals surface area contributed by atoms with Crippen molar-refractivity contribution in [3.05, 3.63) is 23.5 Å². The minimum atomic E-state index is -1.12. The molecule has 4 rings (SSSR count). The number of carbonyl (C=O) groups is 2. The lowest BCUT2D eigenvalue weighted by Gasteiger charge is -2.39. The van der Waals surface area contributed by atoms with Gasteiger partial charge in [0.25, 0.3) is 5.91 Å². The lowest BCUT2D eigenvalue weighted by molar-refractivity contribution is -0.121. The zero-order chi connectivity index (χ0) is 19.1. The van der Waals surface area contributed by atoms with Crippen LogP contribution in [0, 0.1) is 11.7 Å². The van der Waals surface area contributed by atoms with Crippen LogP contribution in [0.15, 0.2) is 12.1 Å². The fourth-order valence-electron chi connectivity index (χ4n) is 4.36. The molecule has 8 nitrogen and oxygen atoms in total. The number of β-amino-alcohol motifs (C(OH)–C–C–N with tert-alkyl or cyclic N) is 1. The average Bonchev–Trinajstić information content (AvgIpc) is 2.98. The Hall–Kier alpha value is -2.39. The van der Waals surface area contributed by atoms with Gasteiger partial charge in [-0.05, 0) is 18.6 Å². The molecule has 0 saturated carbocycles. The quantitative estimate of drug-likeness (QED) is 0.708. The number of carboxylic acid groups (broad SMARTS) is 1. The maximum absolute atomic E-state index is 14.7. The Kier molecular flexibility index (Phi) is 4.65. The standard InChI is InChI=1S/C18H22FN3O5/c19-12-1-2-14-17-16(12)10(3-4-22(17)15(24)9-27-14)6-21-7-11(13(23)8-21)5-20-18(25)26/h1-2,10-11,13,20,23H,3-9H2,(H,25,26)/t10?,11-,13+/m0/s1. The van der Waals surface area contributed by atoms with E-state index in [-0.39, 0.29) is 36.7 Å². The fourth-order valence-corrected chi connectivity index (χ4v) is 4.36. The van der Waals surface area contributed by atoms with Gasteiger partial charge < -0.3 is 25.2 Å². The molecular weight excluding hydrogens is 357 g/mol. The van der Waals surface area contributed by atoms with Gasteiger partial charge in [-0.1, -0.05) is 0 Å². The lowest BCUT2D eigenvalue weighted by atomic mass is 9.88. The third-order valence-electron chi connectivity index (χ3n) is 5.63. The second-order valence-electron chi connectivity index (χ2n) is 7.36. The number of anilines is 1. The fraction of sp³-hybridized carbons (Fsp3) is 0.556. The number of benzene rings is 1. The van der Waals surface area contributed by atoms with Crippen LogP contribution in [0.25, 0.3) is 0 Å². The van der Waals surface area contributed by atoms with E-state index in [0.717, 1.165) is 0 Å². The number of nitrogens with zero attached hydrogens (tertiary/aromatic N) is 2. The first-order chi connectivity index (χ1) is 12.9. The van der Waals surface area contributed by atoms with Crippen LogP contribution in [-0.4, -0.2) is 72.5 Å². The normalized spacial score (nSPS) is 27.3. The highest BCUT2D eigenvalue weighted by Crippen LogP contribution is 2.45. The van der Waals surface area contributed by atoms with Gasteiger partial charge >= 0.3 is 6.09 Å². The molecule has 1 aromatic rings. The molecule has 0 bridgehead atoms. The van der Waals surface area contributed by atoms with Crippen molar-refractivity contribution in [2.24, 2.45) is 5.92 Å². The zero-order valence-corrected chi connectivity index (χ0v) is 14.7. The summed E-state index contributed by atoms with van der Waals surface area (Å²) < 4.78 is 20.1. The summed E-state index contributed by atoms with van der Waals surface area (Å²) >= 11 is 0. The maximum Gasteiger partial charge on any atom is 0.404 e. The summed E-state index contributed by atoms with van der Waals surface area (Å²) in [4.78, 5) is 26.4. The van der Waals surface area contributed by atoms with E-state index in [1.54, 1.807) is 11.0 Å². The number of ether oxygens (including phenoxy) is 1. The molecular formula is C18H22FN3O5. The van der Waals surface area contributed by atoms with Crippen LogP contribution in [0.1, 0.15) is 17.9 Å². The van der Waals surface area contributed by atoms with Crippen LogP contribution in [-0.2, 0) is 4.79 Å². The van der Waals surface area contributed by atoms with Crippen molar-refractivity contribution in [3.63, 3.8) is 0 Å². The summed E-state index contributed by atoms with van der Waals surface area (Å²) in [6, 6.07) is 2.93. The summed E-state index contributed by atoms with van der Waals surface area (Å²) in [7, 11) is 0. The van der Waals surface area contributed by atoms with Crippen LogP contribution in [0.2, 0.25) is 0 Å². The number of amides is 2. The van der Waals surface area contributed by atoms with Crippen LogP contribution in [0.4, 0.5) is 14.9 Å². The molecule has 3 atom stereocenters. The molecule has 2 amide bonds. The van der Waals surface area contributed by atoms with E-state index in [1.165, 1.54) is 6.07 Å². The molecule has 1 saturated heterocycles. The van der Waals surface area contributed by atoms with Gasteiger partial charge in [0.05, 0.1) is 11.8 Å². The number of rotatable bonds is 4. The van der Waals surface area contributed by atoms with E-state index in [2.05, 4.69) is 5.32 Å². The minimum absolute atomic E-state index is 0.0285. The summed E-state index contributed by atoms with van der Waals surface area (Å²) in [5.74, 6) is -0.305. The predicted molar refractivity (Wildman–Crippen MR) is 93.6 cm³/mol. The Morgan fingerprint density at radius 3 is 2.96 bits per heavy atom. The summed E-state index contributed by atoms with van der Waals surface area (Å²) in [6.07, 6.45) is -1.11. The average molecular weight is 379 g/mol. The number of aliphatic hydroxyl groups excluding tert-OH is 1. The van der Waals surface area contributed by atoms with Gasteiger partial charge in [-0.25, -0.2) is 9.18 Å². The molecule has 3 heterocycles. The van der Waals surface area contributed by atoms with Gasteiger partial charge in [-0.2, -0.15) is 0 Å². The molecule has 3 aliphatic heterocycles. The van der Waals surface area contributed by atoms with E-state index < -0.39 is 12.2 Å². The van der Waals surface area contributed by atoms with Gasteiger partial charge in [0.15, 0.2) is 6.61 Å². The first-order valence-electron chi connectivity index (χ1n) is 9.07. The van der Waals surface area contributed by atoms with Crippen molar-refractivity contribution in [1.82, 2.24) is 10.2 Å². The predicted octanol–water partition coefficient (Wildman–Crippen LogP) is 0.599. The molecule has 9 heteroatoms. The first kappa shape index (κ1) is 18.0. The number of carbonyl (C=O) groups excluding carboxylic acids is 1. The van der Waals surface area contributed by atoms with Gasteiger partial charge in [0, 0.05) is 50.1 Å². The molecule has 3 N–H and O–H groups in total. The van der Waals surface area contributed by atoms with Crippen molar-refractivity contribution in [2.45, 2.75) is 18.4 Å². The van der Waals surface area contributed by atoms with Gasteiger partial charge in [-0.15, -0.1) is 0 Å². The SMILES string of the molecule is O=C(O)NC[C@H]1CN(CC2CCN3C(=O)COc4ccc(F)c2c43)C[C@H]1O. The number of hydrogen-bond acceptors (Lipinski definition) is 5. The summed E-state index contributed by atoms with van der Waals surface area (Å²) in [5, 5.41) is 21.2. The molecule has 27 heavy (non-hydrogen) atoms. The molecule has 1 aromatic carbocycles. The Bertz CT molecular complexity index is 774. The minimum Gasteiger partial charge on any atom is -0.482 e. The highest BCUT2D eigenvalue weighted by molar-refractivity contribution is 5.99. The van der Waals surface area contributed by atoms with Crippen molar-refractivity contribution in [2.75, 3.05) is 44.2 Å². The second kappa shape index (κ2) is 6.97. The third-order valence-corrected chi connectivity index (χ3v) is 5.63. The highest BCUT2D eigenvalue weighted by Gasteiger charge is 2.39. The molecule has 1 unspecified atom stereocenters. The molecule has 0 aliphatic carbocycles. The maximum atomic E-state index is 14.7. The van der Waals surface area contributed by atoms with E-state index >= 15 is 0 Å². The van der Waals surface area contributed by atoms with Gasteiger partial charge in [0.1, 0.15) is 11.6 Å². The smallest absolute Gasteiger partial charge is 0.404 e. The summed E-state index contributed by atoms with van der Waals surface area (Å²) in [5.41, 5.74) is 1.03. The van der Waals surface area contributed by atoms with Crippen molar-refractivity contribution < 1.29 is 28.9 Å². The Morgan fingerprint density at radius 2 is 2.19 bits per heavy atom. The zero-order valence-electron chi connectivity index (χ0n) is 14.7. The largest absolute Gasteiger partial charge is 0.482 e. The Labute approximate surface area is 155 Å². The third kappa shape index (κ3) is 3.32. The van der Waals surface area contributed by atoms with Crippen molar-refractivity contribution in [3.8, 4) is 5.75 Å². The first-order valence-corrected chi connectivity index (χ1v) is 9.07. The number of likely N-dealkylation sites (tertiary alicyclic amines) is 1. The Morgan fingerprint density at radius 1 is 1.37 bits per heavy atom. The monoisotopic (exact) mass is 379 g/mol. The van der Waals surface area contributed by atoms with Crippen LogP contribution in [0.5, 0.6) is 5.75 Å². The van der Waals surface area contributed by atoms with E-state index in [9.17, 15) is 19.1 Å².